The van der Waals surface area contributed by atoms with Gasteiger partial charge in [-0.25, -0.2) is 0 Å². The van der Waals surface area contributed by atoms with Crippen LogP contribution in [0.1, 0.15) is 12.8 Å². The molecule has 2 amide bonds. The Labute approximate surface area is 140 Å². The van der Waals surface area contributed by atoms with Gasteiger partial charge >= 0.3 is 0 Å². The highest BCUT2D eigenvalue weighted by Crippen LogP contribution is 2.27. The topological polar surface area (TPSA) is 103 Å². The molecule has 1 rings (SSSR count). The van der Waals surface area contributed by atoms with Crippen molar-refractivity contribution in [2.75, 3.05) is 32.6 Å². The van der Waals surface area contributed by atoms with E-state index in [4.69, 9.17) is 26.8 Å². The Bertz CT molecular complexity index is 535. The highest BCUT2D eigenvalue weighted by molar-refractivity contribution is 6.31. The lowest BCUT2D eigenvalue weighted by molar-refractivity contribution is -0.123. The first-order valence-corrected chi connectivity index (χ1v) is 7.50. The number of ether oxygens (including phenoxy) is 2. The van der Waals surface area contributed by atoms with Crippen molar-refractivity contribution >= 4 is 29.1 Å². The van der Waals surface area contributed by atoms with Gasteiger partial charge in [0.2, 0.25) is 11.8 Å². The second kappa shape index (κ2) is 10.0. The highest BCUT2D eigenvalue weighted by atomic mass is 35.5. The molecule has 0 aromatic heterocycles. The highest BCUT2D eigenvalue weighted by Gasteiger charge is 2.12. The Morgan fingerprint density at radius 1 is 1.30 bits per heavy atom. The third kappa shape index (κ3) is 6.85. The van der Waals surface area contributed by atoms with E-state index in [1.807, 2.05) is 0 Å². The van der Waals surface area contributed by atoms with Gasteiger partial charge in [0.25, 0.3) is 0 Å². The summed E-state index contributed by atoms with van der Waals surface area (Å²) >= 11 is 5.89. The molecule has 128 valence electrons. The fourth-order valence-corrected chi connectivity index (χ4v) is 2.02. The molecular formula is C15H22ClN3O4. The number of nitrogens with two attached hydrogens (primary N) is 1. The summed E-state index contributed by atoms with van der Waals surface area (Å²) in [6, 6.07) is 4.93. The number of amides is 2. The van der Waals surface area contributed by atoms with Crippen molar-refractivity contribution in [3.63, 3.8) is 0 Å². The predicted molar refractivity (Wildman–Crippen MR) is 88.7 cm³/mol. The van der Waals surface area contributed by atoms with Gasteiger partial charge in [0.15, 0.2) is 0 Å². The number of rotatable bonds is 9. The molecule has 0 bridgehead atoms. The summed E-state index contributed by atoms with van der Waals surface area (Å²) in [4.78, 5) is 23.5. The average Bonchev–Trinajstić information content (AvgIpc) is 2.52. The van der Waals surface area contributed by atoms with Gasteiger partial charge in [0, 0.05) is 31.6 Å². The monoisotopic (exact) mass is 343 g/mol. The van der Waals surface area contributed by atoms with E-state index < -0.39 is 0 Å². The molecule has 23 heavy (non-hydrogen) atoms. The zero-order valence-corrected chi connectivity index (χ0v) is 14.0. The van der Waals surface area contributed by atoms with Crippen molar-refractivity contribution in [3.8, 4) is 5.75 Å². The Morgan fingerprint density at radius 2 is 2.04 bits per heavy atom. The van der Waals surface area contributed by atoms with Gasteiger partial charge < -0.3 is 25.8 Å². The minimum absolute atomic E-state index is 0.127. The third-order valence-electron chi connectivity index (χ3n) is 3.12. The fraction of sp³-hybridized carbons (Fsp3) is 0.467. The minimum Gasteiger partial charge on any atom is -0.495 e. The van der Waals surface area contributed by atoms with Crippen LogP contribution < -0.4 is 21.1 Å². The number of carbonyl (C=O) groups is 2. The van der Waals surface area contributed by atoms with Crippen LogP contribution in [0, 0.1) is 0 Å². The van der Waals surface area contributed by atoms with Gasteiger partial charge in [0.1, 0.15) is 5.75 Å². The number of anilines is 1. The largest absolute Gasteiger partial charge is 0.495 e. The number of methoxy groups -OCH3 is 2. The molecule has 0 saturated carbocycles. The minimum atomic E-state index is -0.320. The summed E-state index contributed by atoms with van der Waals surface area (Å²) in [7, 11) is 3.00. The maximum absolute atomic E-state index is 11.9. The van der Waals surface area contributed by atoms with Gasteiger partial charge in [-0.15, -0.1) is 0 Å². The van der Waals surface area contributed by atoms with Gasteiger partial charge in [-0.2, -0.15) is 0 Å². The molecule has 0 spiro atoms. The molecule has 0 aliphatic heterocycles. The first-order chi connectivity index (χ1) is 11.0. The van der Waals surface area contributed by atoms with E-state index in [0.717, 1.165) is 0 Å². The standard InChI is InChI=1S/C15H22ClN3O4/c1-22-11(9-17)8-15(21)18-6-5-14(20)19-12-7-10(16)3-4-13(12)23-2/h3-4,7,11H,5-6,8-9,17H2,1-2H3,(H,18,21)(H,19,20). The number of carbonyl (C=O) groups excluding carboxylic acids is 2. The molecule has 7 nitrogen and oxygen atoms in total. The van der Waals surface area contributed by atoms with E-state index in [0.29, 0.717) is 16.5 Å². The third-order valence-corrected chi connectivity index (χ3v) is 3.35. The normalized spacial score (nSPS) is 11.7. The van der Waals surface area contributed by atoms with Gasteiger partial charge in [0.05, 0.1) is 25.3 Å². The molecule has 1 atom stereocenters. The van der Waals surface area contributed by atoms with E-state index in [9.17, 15) is 9.59 Å². The summed E-state index contributed by atoms with van der Waals surface area (Å²) in [5.41, 5.74) is 5.93. The number of hydrogen-bond donors (Lipinski definition) is 3. The molecule has 0 radical (unpaired) electrons. The lowest BCUT2D eigenvalue weighted by Gasteiger charge is -2.13. The smallest absolute Gasteiger partial charge is 0.226 e. The average molecular weight is 344 g/mol. The maximum atomic E-state index is 11.9. The van der Waals surface area contributed by atoms with Gasteiger partial charge in [-0.05, 0) is 18.2 Å². The number of halogens is 1. The summed E-state index contributed by atoms with van der Waals surface area (Å²) in [5.74, 6) is 0.0427. The van der Waals surface area contributed by atoms with Crippen molar-refractivity contribution in [2.24, 2.45) is 5.73 Å². The SMILES string of the molecule is COc1ccc(Cl)cc1NC(=O)CCNC(=O)CC(CN)OC. The molecule has 8 heteroatoms. The van der Waals surface area contributed by atoms with E-state index in [2.05, 4.69) is 10.6 Å². The lowest BCUT2D eigenvalue weighted by atomic mass is 10.2. The Morgan fingerprint density at radius 3 is 2.65 bits per heavy atom. The summed E-state index contributed by atoms with van der Waals surface area (Å²) in [6.45, 7) is 0.480. The zero-order chi connectivity index (χ0) is 17.2. The van der Waals surface area contributed by atoms with Crippen LogP contribution in [0.4, 0.5) is 5.69 Å². The molecule has 4 N–H and O–H groups in total. The quantitative estimate of drug-likeness (QED) is 0.624. The van der Waals surface area contributed by atoms with E-state index in [1.54, 1.807) is 18.2 Å². The summed E-state index contributed by atoms with van der Waals surface area (Å²) in [5, 5.41) is 5.83. The van der Waals surface area contributed by atoms with Crippen molar-refractivity contribution < 1.29 is 19.1 Å². The van der Waals surface area contributed by atoms with Crippen LogP contribution in [-0.4, -0.2) is 45.2 Å². The molecule has 0 fully saturated rings. The van der Waals surface area contributed by atoms with Crippen LogP contribution in [0.5, 0.6) is 5.75 Å². The van der Waals surface area contributed by atoms with Gasteiger partial charge in [-0.3, -0.25) is 9.59 Å². The van der Waals surface area contributed by atoms with Crippen molar-refractivity contribution in [1.82, 2.24) is 5.32 Å². The van der Waals surface area contributed by atoms with Crippen LogP contribution in [-0.2, 0) is 14.3 Å². The van der Waals surface area contributed by atoms with Crippen LogP contribution in [0.2, 0.25) is 5.02 Å². The van der Waals surface area contributed by atoms with Crippen LogP contribution in [0.3, 0.4) is 0 Å². The molecule has 0 saturated heterocycles. The first kappa shape index (κ1) is 19.2. The molecule has 1 aromatic carbocycles. The molecule has 1 unspecified atom stereocenters. The first-order valence-electron chi connectivity index (χ1n) is 7.13. The van der Waals surface area contributed by atoms with Gasteiger partial charge in [-0.1, -0.05) is 11.6 Å². The van der Waals surface area contributed by atoms with E-state index in [1.165, 1.54) is 14.2 Å². The lowest BCUT2D eigenvalue weighted by Crippen LogP contribution is -2.33. The Balaban J connectivity index is 2.40. The molecule has 1 aromatic rings. The Kier molecular flexibility index (Phi) is 8.39. The van der Waals surface area contributed by atoms with Crippen molar-refractivity contribution in [2.45, 2.75) is 18.9 Å². The second-order valence-electron chi connectivity index (χ2n) is 4.79. The van der Waals surface area contributed by atoms with Crippen LogP contribution in [0.15, 0.2) is 18.2 Å². The summed E-state index contributed by atoms with van der Waals surface area (Å²) in [6.07, 6.45) is -0.0298. The van der Waals surface area contributed by atoms with Crippen LogP contribution >= 0.6 is 11.6 Å². The predicted octanol–water partition coefficient (Wildman–Crippen LogP) is 1.16. The van der Waals surface area contributed by atoms with E-state index in [-0.39, 0.29) is 43.8 Å². The van der Waals surface area contributed by atoms with Crippen LogP contribution in [0.25, 0.3) is 0 Å². The number of hydrogen-bond acceptors (Lipinski definition) is 5. The molecule has 0 heterocycles. The fourth-order valence-electron chi connectivity index (χ4n) is 1.85. The molecule has 0 aliphatic carbocycles. The number of benzene rings is 1. The van der Waals surface area contributed by atoms with E-state index >= 15 is 0 Å². The Hall–Kier alpha value is -1.83. The molecular weight excluding hydrogens is 322 g/mol. The summed E-state index contributed by atoms with van der Waals surface area (Å²) < 4.78 is 10.2. The van der Waals surface area contributed by atoms with Crippen molar-refractivity contribution in [3.05, 3.63) is 23.2 Å². The second-order valence-corrected chi connectivity index (χ2v) is 5.23. The molecule has 0 aliphatic rings. The maximum Gasteiger partial charge on any atom is 0.226 e. The number of nitrogens with one attached hydrogen (secondary N) is 2. The van der Waals surface area contributed by atoms with Crippen molar-refractivity contribution in [1.29, 1.82) is 0 Å². The zero-order valence-electron chi connectivity index (χ0n) is 13.2.